The highest BCUT2D eigenvalue weighted by Crippen LogP contribution is 2.30. The Morgan fingerprint density at radius 3 is 2.52 bits per heavy atom. The van der Waals surface area contributed by atoms with Gasteiger partial charge in [-0.3, -0.25) is 0 Å². The smallest absolute Gasteiger partial charge is 0.163 e. The van der Waals surface area contributed by atoms with Crippen molar-refractivity contribution < 1.29 is 14.6 Å². The zero-order valence-electron chi connectivity index (χ0n) is 13.4. The van der Waals surface area contributed by atoms with Crippen LogP contribution in [0.4, 0.5) is 5.69 Å². The maximum absolute atomic E-state index is 8.84. The molecule has 0 bridgehead atoms. The molecule has 0 fully saturated rings. The van der Waals surface area contributed by atoms with Crippen molar-refractivity contribution in [1.82, 2.24) is 0 Å². The van der Waals surface area contributed by atoms with E-state index in [9.17, 15) is 0 Å². The molecule has 0 spiro atoms. The van der Waals surface area contributed by atoms with E-state index in [0.29, 0.717) is 11.5 Å². The first kappa shape index (κ1) is 17.6. The minimum atomic E-state index is -0.00142. The normalized spacial score (nSPS) is 10.4. The van der Waals surface area contributed by atoms with Crippen molar-refractivity contribution in [2.45, 2.75) is 45.4 Å². The van der Waals surface area contributed by atoms with Gasteiger partial charge in [0.25, 0.3) is 0 Å². The molecule has 1 rings (SSSR count). The van der Waals surface area contributed by atoms with Gasteiger partial charge in [-0.15, -0.1) is 0 Å². The first-order chi connectivity index (χ1) is 10.3. The fourth-order valence-electron chi connectivity index (χ4n) is 2.19. The Labute approximate surface area is 128 Å². The molecule has 0 aliphatic carbocycles. The number of aliphatic hydroxyl groups excluding tert-OH is 1. The molecule has 0 unspecified atom stereocenters. The van der Waals surface area contributed by atoms with Crippen LogP contribution in [0.2, 0.25) is 0 Å². The molecule has 0 atom stereocenters. The van der Waals surface area contributed by atoms with Gasteiger partial charge in [0, 0.05) is 18.3 Å². The predicted molar refractivity (Wildman–Crippen MR) is 87.4 cm³/mol. The second-order valence-electron chi connectivity index (χ2n) is 5.13. The highest BCUT2D eigenvalue weighted by Gasteiger charge is 2.05. The number of aliphatic hydroxyl groups is 1. The maximum atomic E-state index is 8.84. The van der Waals surface area contributed by atoms with Crippen molar-refractivity contribution in [3.63, 3.8) is 0 Å². The van der Waals surface area contributed by atoms with Crippen molar-refractivity contribution in [3.05, 3.63) is 18.2 Å². The molecule has 1 aromatic rings. The average molecular weight is 295 g/mol. The number of benzene rings is 1. The van der Waals surface area contributed by atoms with Crippen LogP contribution in [0.1, 0.15) is 45.4 Å². The fraction of sp³-hybridized carbons (Fsp3) is 0.647. The van der Waals surface area contributed by atoms with Crippen LogP contribution in [0, 0.1) is 0 Å². The minimum absolute atomic E-state index is 0.00142. The van der Waals surface area contributed by atoms with Gasteiger partial charge >= 0.3 is 0 Å². The molecular weight excluding hydrogens is 266 g/mol. The summed E-state index contributed by atoms with van der Waals surface area (Å²) in [5.74, 6) is 1.35. The fourth-order valence-corrected chi connectivity index (χ4v) is 2.19. The van der Waals surface area contributed by atoms with Crippen LogP contribution in [-0.2, 0) is 0 Å². The van der Waals surface area contributed by atoms with Crippen LogP contribution >= 0.6 is 0 Å². The number of hydrogen-bond donors (Lipinski definition) is 2. The number of ether oxygens (including phenoxy) is 2. The van der Waals surface area contributed by atoms with Crippen LogP contribution in [0.15, 0.2) is 18.2 Å². The molecule has 1 aromatic carbocycles. The molecule has 0 heterocycles. The van der Waals surface area contributed by atoms with Gasteiger partial charge in [0.1, 0.15) is 6.61 Å². The molecule has 0 saturated carbocycles. The van der Waals surface area contributed by atoms with E-state index in [1.54, 1.807) is 7.11 Å². The first-order valence-electron chi connectivity index (χ1n) is 7.97. The Morgan fingerprint density at radius 2 is 1.81 bits per heavy atom. The van der Waals surface area contributed by atoms with Gasteiger partial charge in [0.2, 0.25) is 0 Å². The van der Waals surface area contributed by atoms with Crippen molar-refractivity contribution in [2.75, 3.05) is 32.2 Å². The topological polar surface area (TPSA) is 50.7 Å². The third-order valence-corrected chi connectivity index (χ3v) is 3.37. The van der Waals surface area contributed by atoms with E-state index < -0.39 is 0 Å². The average Bonchev–Trinajstić information content (AvgIpc) is 2.52. The summed E-state index contributed by atoms with van der Waals surface area (Å²) in [6.45, 7) is 3.48. The third-order valence-electron chi connectivity index (χ3n) is 3.37. The van der Waals surface area contributed by atoms with Crippen LogP contribution in [0.25, 0.3) is 0 Å². The second kappa shape index (κ2) is 11.3. The van der Waals surface area contributed by atoms with E-state index in [1.807, 2.05) is 18.2 Å². The molecule has 4 nitrogen and oxygen atoms in total. The molecule has 0 amide bonds. The van der Waals surface area contributed by atoms with Gasteiger partial charge in [0.15, 0.2) is 11.5 Å². The summed E-state index contributed by atoms with van der Waals surface area (Å²) in [4.78, 5) is 0. The van der Waals surface area contributed by atoms with Crippen molar-refractivity contribution >= 4 is 5.69 Å². The molecule has 21 heavy (non-hydrogen) atoms. The standard InChI is InChI=1S/C17H29NO3/c1-3-4-5-6-7-8-11-18-15-9-10-16(20-2)17(14-15)21-13-12-19/h9-10,14,18-19H,3-8,11-13H2,1-2H3. The van der Waals surface area contributed by atoms with Crippen LogP contribution < -0.4 is 14.8 Å². The second-order valence-corrected chi connectivity index (χ2v) is 5.13. The van der Waals surface area contributed by atoms with E-state index in [4.69, 9.17) is 14.6 Å². The molecule has 0 aliphatic rings. The third kappa shape index (κ3) is 7.23. The van der Waals surface area contributed by atoms with Gasteiger partial charge in [-0.1, -0.05) is 39.0 Å². The van der Waals surface area contributed by atoms with Crippen molar-refractivity contribution in [2.24, 2.45) is 0 Å². The van der Waals surface area contributed by atoms with Gasteiger partial charge in [-0.25, -0.2) is 0 Å². The lowest BCUT2D eigenvalue weighted by Crippen LogP contribution is -2.05. The van der Waals surface area contributed by atoms with E-state index >= 15 is 0 Å². The zero-order valence-corrected chi connectivity index (χ0v) is 13.4. The molecule has 0 aromatic heterocycles. The minimum Gasteiger partial charge on any atom is -0.493 e. The molecular formula is C17H29NO3. The number of anilines is 1. The zero-order chi connectivity index (χ0) is 15.3. The summed E-state index contributed by atoms with van der Waals surface area (Å²) in [6.07, 6.45) is 7.76. The van der Waals surface area contributed by atoms with E-state index in [0.717, 1.165) is 12.2 Å². The molecule has 4 heteroatoms. The largest absolute Gasteiger partial charge is 0.493 e. The number of hydrogen-bond acceptors (Lipinski definition) is 4. The summed E-state index contributed by atoms with van der Waals surface area (Å²) in [7, 11) is 1.62. The van der Waals surface area contributed by atoms with Gasteiger partial charge in [-0.2, -0.15) is 0 Å². The molecule has 120 valence electrons. The summed E-state index contributed by atoms with van der Waals surface area (Å²) < 4.78 is 10.7. The van der Waals surface area contributed by atoms with E-state index in [2.05, 4.69) is 12.2 Å². The first-order valence-corrected chi connectivity index (χ1v) is 7.97. The lowest BCUT2D eigenvalue weighted by Gasteiger charge is -2.12. The highest BCUT2D eigenvalue weighted by atomic mass is 16.5. The Morgan fingerprint density at radius 1 is 1.05 bits per heavy atom. The van der Waals surface area contributed by atoms with Crippen molar-refractivity contribution in [3.8, 4) is 11.5 Å². The van der Waals surface area contributed by atoms with Gasteiger partial charge in [0.05, 0.1) is 13.7 Å². The van der Waals surface area contributed by atoms with Crippen LogP contribution in [0.5, 0.6) is 11.5 Å². The molecule has 0 saturated heterocycles. The molecule has 0 aliphatic heterocycles. The number of nitrogens with one attached hydrogen (secondary N) is 1. The summed E-state index contributed by atoms with van der Waals surface area (Å²) in [5, 5.41) is 12.2. The number of unbranched alkanes of at least 4 members (excludes halogenated alkanes) is 5. The van der Waals surface area contributed by atoms with Crippen LogP contribution in [0.3, 0.4) is 0 Å². The van der Waals surface area contributed by atoms with Gasteiger partial charge < -0.3 is 19.9 Å². The van der Waals surface area contributed by atoms with E-state index in [-0.39, 0.29) is 13.2 Å². The van der Waals surface area contributed by atoms with Crippen molar-refractivity contribution in [1.29, 1.82) is 0 Å². The Bertz CT molecular complexity index is 382. The SMILES string of the molecule is CCCCCCCCNc1ccc(OC)c(OCCO)c1. The molecule has 2 N–H and O–H groups in total. The summed E-state index contributed by atoms with van der Waals surface area (Å²) >= 11 is 0. The summed E-state index contributed by atoms with van der Waals surface area (Å²) in [6, 6.07) is 5.80. The maximum Gasteiger partial charge on any atom is 0.163 e. The van der Waals surface area contributed by atoms with Crippen LogP contribution in [-0.4, -0.2) is 32.0 Å². The lowest BCUT2D eigenvalue weighted by atomic mass is 10.1. The van der Waals surface area contributed by atoms with E-state index in [1.165, 1.54) is 38.5 Å². The quantitative estimate of drug-likeness (QED) is 0.575. The Balaban J connectivity index is 2.34. The lowest BCUT2D eigenvalue weighted by molar-refractivity contribution is 0.196. The summed E-state index contributed by atoms with van der Waals surface area (Å²) in [5.41, 5.74) is 1.03. The predicted octanol–water partition coefficient (Wildman–Crippen LogP) is 3.84. The Hall–Kier alpha value is -1.42. The highest BCUT2D eigenvalue weighted by molar-refractivity contribution is 5.54. The number of rotatable bonds is 12. The monoisotopic (exact) mass is 295 g/mol. The number of methoxy groups -OCH3 is 1. The Kier molecular flexibility index (Phi) is 9.46. The van der Waals surface area contributed by atoms with Gasteiger partial charge in [-0.05, 0) is 18.6 Å². The molecule has 0 radical (unpaired) electrons.